The molecule has 0 aromatic heterocycles. The van der Waals surface area contributed by atoms with Crippen LogP contribution < -0.4 is 0 Å². The second-order valence-electron chi connectivity index (χ2n) is 5.14. The van der Waals surface area contributed by atoms with Gasteiger partial charge in [-0.15, -0.1) is 0 Å². The van der Waals surface area contributed by atoms with E-state index in [1.807, 2.05) is 0 Å². The van der Waals surface area contributed by atoms with Crippen LogP contribution >= 0.6 is 0 Å². The molecule has 1 saturated carbocycles. The van der Waals surface area contributed by atoms with Crippen LogP contribution in [0.1, 0.15) is 36.0 Å². The normalized spacial score (nSPS) is 17.7. The minimum atomic E-state index is -0.735. The number of phenols is 1. The van der Waals surface area contributed by atoms with Crippen LogP contribution in [0.5, 0.6) is 5.75 Å². The number of benzene rings is 1. The predicted molar refractivity (Wildman–Crippen MR) is 68.5 cm³/mol. The van der Waals surface area contributed by atoms with Crippen molar-refractivity contribution in [2.24, 2.45) is 0 Å². The Hall–Kier alpha value is -1.55. The molecule has 0 saturated heterocycles. The molecule has 4 nitrogen and oxygen atoms in total. The summed E-state index contributed by atoms with van der Waals surface area (Å²) in [5.74, 6) is -0.0972. The maximum Gasteiger partial charge on any atom is 0.253 e. The Kier molecular flexibility index (Phi) is 3.57. The first kappa shape index (κ1) is 12.9. The molecule has 0 radical (unpaired) electrons. The third-order valence-electron chi connectivity index (χ3n) is 3.51. The standard InChI is InChI=1S/C14H19NO3/c1-15(10-14(18)7-2-3-8-14)13(17)11-5-4-6-12(16)9-11/h4-6,9,16,18H,2-3,7-8,10H2,1H3. The van der Waals surface area contributed by atoms with E-state index in [0.29, 0.717) is 12.1 Å². The fraction of sp³-hybridized carbons (Fsp3) is 0.500. The molecule has 4 heteroatoms. The van der Waals surface area contributed by atoms with Gasteiger partial charge in [-0.1, -0.05) is 18.9 Å². The van der Waals surface area contributed by atoms with Gasteiger partial charge in [0.25, 0.3) is 5.91 Å². The van der Waals surface area contributed by atoms with Crippen molar-refractivity contribution >= 4 is 5.91 Å². The summed E-state index contributed by atoms with van der Waals surface area (Å²) in [4.78, 5) is 13.7. The highest BCUT2D eigenvalue weighted by molar-refractivity contribution is 5.94. The van der Waals surface area contributed by atoms with Crippen LogP contribution in [0.3, 0.4) is 0 Å². The van der Waals surface area contributed by atoms with E-state index in [0.717, 1.165) is 25.7 Å². The van der Waals surface area contributed by atoms with Crippen LogP contribution in [0.25, 0.3) is 0 Å². The number of amides is 1. The lowest BCUT2D eigenvalue weighted by atomic mass is 10.0. The predicted octanol–water partition coefficient (Wildman–Crippen LogP) is 1.77. The number of aromatic hydroxyl groups is 1. The Balaban J connectivity index is 2.04. The Bertz CT molecular complexity index is 438. The summed E-state index contributed by atoms with van der Waals surface area (Å²) in [6, 6.07) is 6.27. The summed E-state index contributed by atoms with van der Waals surface area (Å²) < 4.78 is 0. The number of phenolic OH excluding ortho intramolecular Hbond substituents is 1. The van der Waals surface area contributed by atoms with E-state index in [4.69, 9.17) is 0 Å². The number of carbonyl (C=O) groups is 1. The SMILES string of the molecule is CN(CC1(O)CCCC1)C(=O)c1cccc(O)c1. The first-order valence-corrected chi connectivity index (χ1v) is 6.27. The highest BCUT2D eigenvalue weighted by atomic mass is 16.3. The van der Waals surface area contributed by atoms with E-state index < -0.39 is 5.60 Å². The van der Waals surface area contributed by atoms with Crippen molar-refractivity contribution in [3.8, 4) is 5.75 Å². The largest absolute Gasteiger partial charge is 0.508 e. The van der Waals surface area contributed by atoms with Gasteiger partial charge in [0.2, 0.25) is 0 Å². The maximum absolute atomic E-state index is 12.1. The second kappa shape index (κ2) is 4.98. The lowest BCUT2D eigenvalue weighted by Crippen LogP contribution is -2.42. The van der Waals surface area contributed by atoms with E-state index in [1.54, 1.807) is 19.2 Å². The molecule has 98 valence electrons. The van der Waals surface area contributed by atoms with Crippen LogP contribution in [0.2, 0.25) is 0 Å². The van der Waals surface area contributed by atoms with E-state index in [1.165, 1.54) is 17.0 Å². The number of hydrogen-bond acceptors (Lipinski definition) is 3. The molecular formula is C14H19NO3. The van der Waals surface area contributed by atoms with Crippen LogP contribution in [-0.2, 0) is 0 Å². The number of aliphatic hydroxyl groups is 1. The third kappa shape index (κ3) is 2.82. The fourth-order valence-electron chi connectivity index (χ4n) is 2.56. The van der Waals surface area contributed by atoms with E-state index in [-0.39, 0.29) is 11.7 Å². The van der Waals surface area contributed by atoms with Gasteiger partial charge in [-0.25, -0.2) is 0 Å². The molecule has 18 heavy (non-hydrogen) atoms. The van der Waals surface area contributed by atoms with Crippen molar-refractivity contribution in [2.45, 2.75) is 31.3 Å². The first-order valence-electron chi connectivity index (χ1n) is 6.27. The summed E-state index contributed by atoms with van der Waals surface area (Å²) in [6.07, 6.45) is 3.55. The van der Waals surface area contributed by atoms with Crippen molar-refractivity contribution in [3.05, 3.63) is 29.8 Å². The minimum absolute atomic E-state index is 0.0776. The molecule has 1 aliphatic carbocycles. The quantitative estimate of drug-likeness (QED) is 0.858. The molecule has 0 bridgehead atoms. The molecule has 0 spiro atoms. The Morgan fingerprint density at radius 3 is 2.67 bits per heavy atom. The molecule has 0 atom stereocenters. The van der Waals surface area contributed by atoms with Gasteiger partial charge in [0.15, 0.2) is 0 Å². The molecule has 1 aliphatic rings. The third-order valence-corrected chi connectivity index (χ3v) is 3.51. The highest BCUT2D eigenvalue weighted by Crippen LogP contribution is 2.30. The smallest absolute Gasteiger partial charge is 0.253 e. The van der Waals surface area contributed by atoms with Gasteiger partial charge in [0.05, 0.1) is 5.60 Å². The molecule has 0 unspecified atom stereocenters. The van der Waals surface area contributed by atoms with Crippen molar-refractivity contribution < 1.29 is 15.0 Å². The maximum atomic E-state index is 12.1. The summed E-state index contributed by atoms with van der Waals surface area (Å²) in [5.41, 5.74) is -0.291. The monoisotopic (exact) mass is 249 g/mol. The zero-order valence-electron chi connectivity index (χ0n) is 10.6. The summed E-state index contributed by atoms with van der Waals surface area (Å²) in [7, 11) is 1.68. The minimum Gasteiger partial charge on any atom is -0.508 e. The molecule has 0 aliphatic heterocycles. The molecule has 1 aromatic rings. The van der Waals surface area contributed by atoms with Crippen molar-refractivity contribution in [1.29, 1.82) is 0 Å². The van der Waals surface area contributed by atoms with Crippen molar-refractivity contribution in [1.82, 2.24) is 4.90 Å². The summed E-state index contributed by atoms with van der Waals surface area (Å²) in [6.45, 7) is 0.349. The van der Waals surface area contributed by atoms with Gasteiger partial charge in [-0.2, -0.15) is 0 Å². The molecule has 0 heterocycles. The molecule has 2 N–H and O–H groups in total. The summed E-state index contributed by atoms with van der Waals surface area (Å²) in [5, 5.41) is 19.6. The lowest BCUT2D eigenvalue weighted by Gasteiger charge is -2.28. The van der Waals surface area contributed by atoms with Gasteiger partial charge < -0.3 is 15.1 Å². The van der Waals surface area contributed by atoms with E-state index in [9.17, 15) is 15.0 Å². The zero-order valence-corrected chi connectivity index (χ0v) is 10.6. The van der Waals surface area contributed by atoms with Crippen molar-refractivity contribution in [2.75, 3.05) is 13.6 Å². The van der Waals surface area contributed by atoms with E-state index >= 15 is 0 Å². The van der Waals surface area contributed by atoms with Crippen molar-refractivity contribution in [3.63, 3.8) is 0 Å². The molecule has 2 rings (SSSR count). The Morgan fingerprint density at radius 1 is 1.39 bits per heavy atom. The number of rotatable bonds is 3. The number of likely N-dealkylation sites (N-methyl/N-ethyl adjacent to an activating group) is 1. The van der Waals surface area contributed by atoms with Crippen LogP contribution in [0.4, 0.5) is 0 Å². The number of nitrogens with zero attached hydrogens (tertiary/aromatic N) is 1. The average Bonchev–Trinajstić information content (AvgIpc) is 2.74. The van der Waals surface area contributed by atoms with Gasteiger partial charge in [-0.05, 0) is 31.0 Å². The zero-order chi connectivity index (χ0) is 13.2. The second-order valence-corrected chi connectivity index (χ2v) is 5.14. The topological polar surface area (TPSA) is 60.8 Å². The van der Waals surface area contributed by atoms with Crippen LogP contribution in [0.15, 0.2) is 24.3 Å². The molecule has 1 fully saturated rings. The van der Waals surface area contributed by atoms with Crippen LogP contribution in [-0.4, -0.2) is 40.2 Å². The van der Waals surface area contributed by atoms with Crippen LogP contribution in [0, 0.1) is 0 Å². The molecule has 1 amide bonds. The van der Waals surface area contributed by atoms with Gasteiger partial charge in [0.1, 0.15) is 5.75 Å². The van der Waals surface area contributed by atoms with Gasteiger partial charge in [0, 0.05) is 19.2 Å². The number of hydrogen-bond donors (Lipinski definition) is 2. The Labute approximate surface area is 107 Å². The van der Waals surface area contributed by atoms with Gasteiger partial charge >= 0.3 is 0 Å². The van der Waals surface area contributed by atoms with Gasteiger partial charge in [-0.3, -0.25) is 4.79 Å². The first-order chi connectivity index (χ1) is 8.50. The molecular weight excluding hydrogens is 230 g/mol. The van der Waals surface area contributed by atoms with E-state index in [2.05, 4.69) is 0 Å². The molecule has 1 aromatic carbocycles. The summed E-state index contributed by atoms with van der Waals surface area (Å²) >= 11 is 0. The fourth-order valence-corrected chi connectivity index (χ4v) is 2.56. The average molecular weight is 249 g/mol. The number of carbonyl (C=O) groups excluding carboxylic acids is 1. The Morgan fingerprint density at radius 2 is 2.06 bits per heavy atom. The highest BCUT2D eigenvalue weighted by Gasteiger charge is 2.33. The lowest BCUT2D eigenvalue weighted by molar-refractivity contribution is 0.0156.